The average molecular weight is 387 g/mol. The Kier molecular flexibility index (Phi) is 5.83. The van der Waals surface area contributed by atoms with Crippen molar-refractivity contribution in [2.24, 2.45) is 5.14 Å². The number of carbonyl (C=O) groups is 2. The number of benzene rings is 1. The molecule has 0 aliphatic rings. The number of sulfonamides is 1. The second kappa shape index (κ2) is 7.68. The van der Waals surface area contributed by atoms with E-state index in [0.29, 0.717) is 5.76 Å². The summed E-state index contributed by atoms with van der Waals surface area (Å²) < 4.78 is 32.8. The monoisotopic (exact) mass is 386 g/mol. The maximum Gasteiger partial charge on any atom is 0.338 e. The Morgan fingerprint density at radius 2 is 2.08 bits per heavy atom. The standard InChI is InChI=1S/C15H15ClN2O6S/c1-9(12-3-2-6-23-12)18-14(19)8-24-15(20)10-4-5-11(16)13(7-10)25(17,21)22/h2-7,9H,8H2,1H3,(H,18,19)(H2,17,21,22)/t9-/m1/s1. The number of esters is 1. The van der Waals surface area contributed by atoms with Crippen molar-refractivity contribution < 1.29 is 27.2 Å². The molecule has 10 heteroatoms. The predicted molar refractivity (Wildman–Crippen MR) is 88.4 cm³/mol. The Morgan fingerprint density at radius 3 is 2.68 bits per heavy atom. The van der Waals surface area contributed by atoms with Crippen molar-refractivity contribution >= 4 is 33.5 Å². The van der Waals surface area contributed by atoms with Crippen molar-refractivity contribution in [2.45, 2.75) is 17.9 Å². The van der Waals surface area contributed by atoms with Crippen molar-refractivity contribution in [2.75, 3.05) is 6.61 Å². The number of rotatable bonds is 6. The van der Waals surface area contributed by atoms with Crippen LogP contribution in [0.5, 0.6) is 0 Å². The molecule has 0 aliphatic heterocycles. The second-order valence-electron chi connectivity index (χ2n) is 5.07. The van der Waals surface area contributed by atoms with E-state index in [1.165, 1.54) is 18.4 Å². The van der Waals surface area contributed by atoms with Crippen LogP contribution >= 0.6 is 11.6 Å². The molecular formula is C15H15ClN2O6S. The minimum Gasteiger partial charge on any atom is -0.467 e. The van der Waals surface area contributed by atoms with Crippen LogP contribution in [0.3, 0.4) is 0 Å². The first kappa shape index (κ1) is 19.0. The normalized spacial score (nSPS) is 12.4. The van der Waals surface area contributed by atoms with Gasteiger partial charge in [-0.3, -0.25) is 4.79 Å². The summed E-state index contributed by atoms with van der Waals surface area (Å²) in [6, 6.07) is 6.44. The van der Waals surface area contributed by atoms with Crippen molar-refractivity contribution in [1.29, 1.82) is 0 Å². The molecule has 1 aromatic carbocycles. The van der Waals surface area contributed by atoms with Gasteiger partial charge in [0.15, 0.2) is 6.61 Å². The van der Waals surface area contributed by atoms with Gasteiger partial charge in [-0.2, -0.15) is 0 Å². The molecule has 1 heterocycles. The number of primary sulfonamides is 1. The van der Waals surface area contributed by atoms with Crippen LogP contribution in [0.1, 0.15) is 29.1 Å². The van der Waals surface area contributed by atoms with Crippen molar-refractivity contribution in [3.63, 3.8) is 0 Å². The highest BCUT2D eigenvalue weighted by atomic mass is 35.5. The number of hydrogen-bond donors (Lipinski definition) is 2. The summed E-state index contributed by atoms with van der Waals surface area (Å²) in [6.45, 7) is 1.16. The van der Waals surface area contributed by atoms with Gasteiger partial charge in [-0.15, -0.1) is 0 Å². The molecule has 0 radical (unpaired) electrons. The molecule has 0 saturated carbocycles. The largest absolute Gasteiger partial charge is 0.467 e. The van der Waals surface area contributed by atoms with Crippen LogP contribution in [-0.2, 0) is 19.6 Å². The molecular weight excluding hydrogens is 372 g/mol. The van der Waals surface area contributed by atoms with Crippen LogP contribution in [0.4, 0.5) is 0 Å². The third-order valence-electron chi connectivity index (χ3n) is 3.16. The molecule has 2 aromatic rings. The molecule has 134 valence electrons. The molecule has 0 spiro atoms. The number of furan rings is 1. The first-order valence-corrected chi connectivity index (χ1v) is 8.93. The van der Waals surface area contributed by atoms with Gasteiger partial charge in [0, 0.05) is 0 Å². The Labute approximate surface area is 148 Å². The number of ether oxygens (including phenoxy) is 1. The lowest BCUT2D eigenvalue weighted by atomic mass is 10.2. The lowest BCUT2D eigenvalue weighted by molar-refractivity contribution is -0.125. The number of hydrogen-bond acceptors (Lipinski definition) is 6. The molecule has 8 nitrogen and oxygen atoms in total. The Morgan fingerprint density at radius 1 is 1.36 bits per heavy atom. The zero-order valence-electron chi connectivity index (χ0n) is 13.1. The van der Waals surface area contributed by atoms with E-state index in [-0.39, 0.29) is 10.6 Å². The Hall–Kier alpha value is -2.36. The maximum atomic E-state index is 12.0. The highest BCUT2D eigenvalue weighted by molar-refractivity contribution is 7.89. The molecule has 25 heavy (non-hydrogen) atoms. The SMILES string of the molecule is C[C@@H](NC(=O)COC(=O)c1ccc(Cl)c(S(N)(=O)=O)c1)c1ccco1. The lowest BCUT2D eigenvalue weighted by Crippen LogP contribution is -2.31. The molecule has 3 N–H and O–H groups in total. The molecule has 2 rings (SSSR count). The third-order valence-corrected chi connectivity index (χ3v) is 4.55. The van der Waals surface area contributed by atoms with E-state index in [9.17, 15) is 18.0 Å². The van der Waals surface area contributed by atoms with Crippen LogP contribution in [0.15, 0.2) is 45.9 Å². The van der Waals surface area contributed by atoms with Crippen LogP contribution in [-0.4, -0.2) is 26.9 Å². The van der Waals surface area contributed by atoms with E-state index in [0.717, 1.165) is 6.07 Å². The molecule has 0 fully saturated rings. The highest BCUT2D eigenvalue weighted by Gasteiger charge is 2.18. The molecule has 1 atom stereocenters. The smallest absolute Gasteiger partial charge is 0.338 e. The average Bonchev–Trinajstić information content (AvgIpc) is 3.06. The molecule has 0 saturated heterocycles. The van der Waals surface area contributed by atoms with Gasteiger partial charge in [0.05, 0.1) is 22.9 Å². The number of halogens is 1. The highest BCUT2D eigenvalue weighted by Crippen LogP contribution is 2.21. The first-order valence-electron chi connectivity index (χ1n) is 7.00. The Balaban J connectivity index is 1.97. The lowest BCUT2D eigenvalue weighted by Gasteiger charge is -2.12. The minimum absolute atomic E-state index is 0.0969. The summed E-state index contributed by atoms with van der Waals surface area (Å²) in [4.78, 5) is 23.3. The Bertz CT molecular complexity index is 879. The third kappa shape index (κ3) is 5.05. The van der Waals surface area contributed by atoms with Crippen LogP contribution in [0, 0.1) is 0 Å². The van der Waals surface area contributed by atoms with Crippen molar-refractivity contribution in [1.82, 2.24) is 5.32 Å². The van der Waals surface area contributed by atoms with Gasteiger partial charge in [-0.05, 0) is 37.3 Å². The van der Waals surface area contributed by atoms with Gasteiger partial charge in [0.1, 0.15) is 10.7 Å². The van der Waals surface area contributed by atoms with Gasteiger partial charge in [-0.1, -0.05) is 11.6 Å². The summed E-state index contributed by atoms with van der Waals surface area (Å²) in [5, 5.41) is 7.48. The van der Waals surface area contributed by atoms with E-state index in [1.54, 1.807) is 19.1 Å². The van der Waals surface area contributed by atoms with Gasteiger partial charge in [-0.25, -0.2) is 18.4 Å². The second-order valence-corrected chi connectivity index (χ2v) is 7.01. The van der Waals surface area contributed by atoms with E-state index in [1.807, 2.05) is 0 Å². The molecule has 1 amide bonds. The van der Waals surface area contributed by atoms with E-state index < -0.39 is 39.4 Å². The number of amides is 1. The fourth-order valence-corrected chi connectivity index (χ4v) is 3.03. The molecule has 0 bridgehead atoms. The van der Waals surface area contributed by atoms with Gasteiger partial charge in [0.25, 0.3) is 5.91 Å². The molecule has 0 aliphatic carbocycles. The fourth-order valence-electron chi connectivity index (χ4n) is 1.95. The molecule has 1 aromatic heterocycles. The van der Waals surface area contributed by atoms with E-state index in [2.05, 4.69) is 5.32 Å². The summed E-state index contributed by atoms with van der Waals surface area (Å²) in [7, 11) is -4.09. The summed E-state index contributed by atoms with van der Waals surface area (Å²) in [5.74, 6) is -0.879. The quantitative estimate of drug-likeness (QED) is 0.725. The fraction of sp³-hybridized carbons (Fsp3) is 0.200. The van der Waals surface area contributed by atoms with Crippen molar-refractivity contribution in [3.8, 4) is 0 Å². The van der Waals surface area contributed by atoms with Gasteiger partial charge in [0.2, 0.25) is 10.0 Å². The summed E-state index contributed by atoms with van der Waals surface area (Å²) >= 11 is 5.73. The van der Waals surface area contributed by atoms with Crippen LogP contribution in [0.25, 0.3) is 0 Å². The first-order chi connectivity index (χ1) is 11.7. The minimum atomic E-state index is -4.09. The van der Waals surface area contributed by atoms with E-state index >= 15 is 0 Å². The van der Waals surface area contributed by atoms with Crippen molar-refractivity contribution in [3.05, 3.63) is 52.9 Å². The zero-order valence-corrected chi connectivity index (χ0v) is 14.6. The topological polar surface area (TPSA) is 129 Å². The number of nitrogens with one attached hydrogen (secondary N) is 1. The summed E-state index contributed by atoms with van der Waals surface area (Å²) in [5.41, 5.74) is -0.0969. The zero-order chi connectivity index (χ0) is 18.6. The molecule has 0 unspecified atom stereocenters. The predicted octanol–water partition coefficient (Wildman–Crippen LogP) is 1.61. The number of nitrogens with two attached hydrogens (primary N) is 1. The van der Waals surface area contributed by atoms with Crippen LogP contribution in [0.2, 0.25) is 5.02 Å². The van der Waals surface area contributed by atoms with Gasteiger partial charge >= 0.3 is 5.97 Å². The van der Waals surface area contributed by atoms with Gasteiger partial charge < -0.3 is 14.5 Å². The maximum absolute atomic E-state index is 12.0. The van der Waals surface area contributed by atoms with Crippen LogP contribution < -0.4 is 10.5 Å². The van der Waals surface area contributed by atoms with E-state index in [4.69, 9.17) is 25.9 Å². The number of carbonyl (C=O) groups excluding carboxylic acids is 2. The summed E-state index contributed by atoms with van der Waals surface area (Å²) in [6.07, 6.45) is 1.47.